The van der Waals surface area contributed by atoms with Crippen molar-refractivity contribution in [3.63, 3.8) is 0 Å². The molecule has 1 aliphatic carbocycles. The van der Waals surface area contributed by atoms with Crippen molar-refractivity contribution in [1.29, 1.82) is 0 Å². The summed E-state index contributed by atoms with van der Waals surface area (Å²) in [5, 5.41) is 2.98. The molecule has 1 N–H and O–H groups in total. The van der Waals surface area contributed by atoms with Gasteiger partial charge < -0.3 is 10.2 Å². The molecule has 0 aromatic carbocycles. The Bertz CT molecular complexity index is 406. The summed E-state index contributed by atoms with van der Waals surface area (Å²) in [6.45, 7) is 8.58. The third-order valence-corrected chi connectivity index (χ3v) is 6.77. The van der Waals surface area contributed by atoms with Crippen LogP contribution in [-0.2, 0) is 10.8 Å². The quantitative estimate of drug-likeness (QED) is 0.871. The van der Waals surface area contributed by atoms with Crippen molar-refractivity contribution in [1.82, 2.24) is 10.2 Å². The Hall–Kier alpha value is -0.580. The molecule has 0 spiro atoms. The largest absolute Gasteiger partial charge is 0.337 e. The predicted octanol–water partition coefficient (Wildman–Crippen LogP) is 2.90. The number of likely N-dealkylation sites (tertiary alicyclic amines) is 1. The topological polar surface area (TPSA) is 49.4 Å². The van der Waals surface area contributed by atoms with Gasteiger partial charge in [-0.3, -0.25) is 4.21 Å². The maximum absolute atomic E-state index is 12.5. The summed E-state index contributed by atoms with van der Waals surface area (Å²) >= 11 is 0. The first-order valence-electron chi connectivity index (χ1n) is 8.25. The van der Waals surface area contributed by atoms with Gasteiger partial charge in [-0.15, -0.1) is 0 Å². The van der Waals surface area contributed by atoms with Gasteiger partial charge in [-0.05, 0) is 52.9 Å². The van der Waals surface area contributed by atoms with Crippen LogP contribution in [0.15, 0.2) is 0 Å². The van der Waals surface area contributed by atoms with E-state index in [9.17, 15) is 9.00 Å². The molecule has 0 radical (unpaired) electrons. The highest BCUT2D eigenvalue weighted by Gasteiger charge is 2.42. The van der Waals surface area contributed by atoms with Crippen molar-refractivity contribution in [3.05, 3.63) is 0 Å². The van der Waals surface area contributed by atoms with E-state index in [1.165, 1.54) is 19.3 Å². The van der Waals surface area contributed by atoms with Gasteiger partial charge in [0.05, 0.1) is 0 Å². The number of nitrogens with one attached hydrogen (secondary N) is 1. The van der Waals surface area contributed by atoms with Crippen LogP contribution in [0.3, 0.4) is 0 Å². The highest BCUT2D eigenvalue weighted by molar-refractivity contribution is 7.86. The minimum Gasteiger partial charge on any atom is -0.337 e. The predicted molar refractivity (Wildman–Crippen MR) is 87.8 cm³/mol. The van der Waals surface area contributed by atoms with Crippen molar-refractivity contribution < 1.29 is 9.00 Å². The van der Waals surface area contributed by atoms with Gasteiger partial charge in [0.1, 0.15) is 0 Å². The second-order valence-corrected chi connectivity index (χ2v) is 9.82. The summed E-state index contributed by atoms with van der Waals surface area (Å²) in [6.07, 6.45) is 6.12. The van der Waals surface area contributed by atoms with Crippen LogP contribution < -0.4 is 5.32 Å². The SMILES string of the molecule is CC1CC2CCCCC2N1C(=O)NCCS(=O)C(C)(C)C. The lowest BCUT2D eigenvalue weighted by Crippen LogP contribution is -2.48. The number of carbonyl (C=O) groups is 1. The first kappa shape index (κ1) is 16.8. The highest BCUT2D eigenvalue weighted by Crippen LogP contribution is 2.39. The van der Waals surface area contributed by atoms with Crippen molar-refractivity contribution >= 4 is 16.8 Å². The van der Waals surface area contributed by atoms with Gasteiger partial charge >= 0.3 is 6.03 Å². The number of amides is 2. The van der Waals surface area contributed by atoms with E-state index in [1.807, 2.05) is 20.8 Å². The molecule has 1 saturated carbocycles. The minimum atomic E-state index is -0.905. The van der Waals surface area contributed by atoms with Gasteiger partial charge in [-0.1, -0.05) is 12.8 Å². The monoisotopic (exact) mass is 314 g/mol. The van der Waals surface area contributed by atoms with E-state index in [1.54, 1.807) is 0 Å². The molecule has 4 nitrogen and oxygen atoms in total. The van der Waals surface area contributed by atoms with Crippen LogP contribution >= 0.6 is 0 Å². The van der Waals surface area contributed by atoms with Gasteiger partial charge in [0, 0.05) is 39.9 Å². The lowest BCUT2D eigenvalue weighted by Gasteiger charge is -2.33. The molecule has 0 aromatic heterocycles. The number of hydrogen-bond donors (Lipinski definition) is 1. The van der Waals surface area contributed by atoms with Crippen molar-refractivity contribution in [2.45, 2.75) is 76.6 Å². The van der Waals surface area contributed by atoms with E-state index in [-0.39, 0.29) is 10.8 Å². The Morgan fingerprint density at radius 3 is 2.62 bits per heavy atom. The summed E-state index contributed by atoms with van der Waals surface area (Å²) in [7, 11) is -0.905. The number of rotatable bonds is 3. The maximum Gasteiger partial charge on any atom is 0.317 e. The fourth-order valence-corrected chi connectivity index (χ4v) is 4.61. The van der Waals surface area contributed by atoms with Gasteiger partial charge in [0.2, 0.25) is 0 Å². The molecule has 2 rings (SSSR count). The first-order valence-corrected chi connectivity index (χ1v) is 9.57. The van der Waals surface area contributed by atoms with Gasteiger partial charge in [-0.25, -0.2) is 4.79 Å². The van der Waals surface area contributed by atoms with Crippen LogP contribution in [0, 0.1) is 5.92 Å². The van der Waals surface area contributed by atoms with Crippen LogP contribution in [0.1, 0.15) is 59.8 Å². The van der Waals surface area contributed by atoms with E-state index < -0.39 is 10.8 Å². The summed E-state index contributed by atoms with van der Waals surface area (Å²) in [5.74, 6) is 1.23. The second kappa shape index (κ2) is 6.67. The Kier molecular flexibility index (Phi) is 5.33. The van der Waals surface area contributed by atoms with Gasteiger partial charge in [0.25, 0.3) is 0 Å². The molecule has 4 unspecified atom stereocenters. The molecule has 5 heteroatoms. The van der Waals surface area contributed by atoms with E-state index in [4.69, 9.17) is 0 Å². The molecular weight excluding hydrogens is 284 g/mol. The van der Waals surface area contributed by atoms with E-state index in [0.29, 0.717) is 30.3 Å². The average Bonchev–Trinajstić information content (AvgIpc) is 2.73. The zero-order valence-corrected chi connectivity index (χ0v) is 14.7. The number of hydrogen-bond acceptors (Lipinski definition) is 2. The molecule has 21 heavy (non-hydrogen) atoms. The van der Waals surface area contributed by atoms with E-state index in [0.717, 1.165) is 12.8 Å². The van der Waals surface area contributed by atoms with Crippen LogP contribution in [-0.4, -0.2) is 44.3 Å². The zero-order valence-electron chi connectivity index (χ0n) is 13.9. The number of nitrogens with zero attached hydrogens (tertiary/aromatic N) is 1. The van der Waals surface area contributed by atoms with E-state index >= 15 is 0 Å². The number of fused-ring (bicyclic) bond motifs is 1. The second-order valence-electron chi connectivity index (χ2n) is 7.50. The Labute approximate surface area is 131 Å². The minimum absolute atomic E-state index is 0.0443. The van der Waals surface area contributed by atoms with Gasteiger partial charge in [-0.2, -0.15) is 0 Å². The van der Waals surface area contributed by atoms with Crippen molar-refractivity contribution in [2.75, 3.05) is 12.3 Å². The Balaban J connectivity index is 1.84. The molecule has 1 saturated heterocycles. The molecular formula is C16H30N2O2S. The summed E-state index contributed by atoms with van der Waals surface area (Å²) in [5.41, 5.74) is 0. The highest BCUT2D eigenvalue weighted by atomic mass is 32.2. The fraction of sp³-hybridized carbons (Fsp3) is 0.938. The lowest BCUT2D eigenvalue weighted by molar-refractivity contribution is 0.156. The van der Waals surface area contributed by atoms with Crippen molar-refractivity contribution in [2.24, 2.45) is 5.92 Å². The zero-order chi connectivity index (χ0) is 15.6. The van der Waals surface area contributed by atoms with Gasteiger partial charge in [0.15, 0.2) is 0 Å². The van der Waals surface area contributed by atoms with Crippen LogP contribution in [0.25, 0.3) is 0 Å². The standard InChI is InChI=1S/C16H30N2O2S/c1-12-11-13-7-5-6-8-14(13)18(12)15(19)17-9-10-21(20)16(2,3)4/h12-14H,5-11H2,1-4H3,(H,17,19). The van der Waals surface area contributed by atoms with E-state index in [2.05, 4.69) is 17.1 Å². The van der Waals surface area contributed by atoms with Crippen molar-refractivity contribution in [3.8, 4) is 0 Å². The summed E-state index contributed by atoms with van der Waals surface area (Å²) in [6, 6.07) is 0.816. The normalized spacial score (nSPS) is 30.9. The molecule has 122 valence electrons. The Morgan fingerprint density at radius 1 is 1.29 bits per heavy atom. The smallest absolute Gasteiger partial charge is 0.317 e. The third kappa shape index (κ3) is 3.99. The molecule has 1 heterocycles. The first-order chi connectivity index (χ1) is 9.80. The van der Waals surface area contributed by atoms with Crippen LogP contribution in [0.2, 0.25) is 0 Å². The number of urea groups is 1. The molecule has 0 bridgehead atoms. The fourth-order valence-electron chi connectivity index (χ4n) is 3.71. The molecule has 0 aromatic rings. The van der Waals surface area contributed by atoms with Crippen LogP contribution in [0.4, 0.5) is 4.79 Å². The lowest BCUT2D eigenvalue weighted by atomic mass is 9.85. The van der Waals surface area contributed by atoms with Crippen LogP contribution in [0.5, 0.6) is 0 Å². The Morgan fingerprint density at radius 2 is 1.95 bits per heavy atom. The molecule has 4 atom stereocenters. The third-order valence-electron chi connectivity index (χ3n) is 4.83. The number of carbonyl (C=O) groups excluding carboxylic acids is 1. The molecule has 2 aliphatic rings. The molecule has 2 amide bonds. The average molecular weight is 314 g/mol. The molecule has 1 aliphatic heterocycles. The summed E-state index contributed by atoms with van der Waals surface area (Å²) in [4.78, 5) is 14.5. The maximum atomic E-state index is 12.5. The molecule has 2 fully saturated rings. The summed E-state index contributed by atoms with van der Waals surface area (Å²) < 4.78 is 11.8.